The first-order valence-electron chi connectivity index (χ1n) is 7.31. The number of nitrogens with zero attached hydrogens (tertiary/aromatic N) is 1. The second-order valence-corrected chi connectivity index (χ2v) is 5.44. The first-order valence-corrected chi connectivity index (χ1v) is 7.31. The lowest BCUT2D eigenvalue weighted by atomic mass is 10.1. The fourth-order valence-corrected chi connectivity index (χ4v) is 1.64. The van der Waals surface area contributed by atoms with E-state index in [0.717, 1.165) is 0 Å². The number of carbonyl (C=O) groups excluding carboxylic acids is 1. The van der Waals surface area contributed by atoms with Crippen LogP contribution >= 0.6 is 24.0 Å². The van der Waals surface area contributed by atoms with Crippen molar-refractivity contribution in [1.29, 1.82) is 0 Å². The third-order valence-electron chi connectivity index (χ3n) is 3.20. The maximum absolute atomic E-state index is 11.9. The summed E-state index contributed by atoms with van der Waals surface area (Å²) in [4.78, 5) is 16.0. The van der Waals surface area contributed by atoms with E-state index in [4.69, 9.17) is 4.74 Å². The number of carbonyl (C=O) groups is 1. The van der Waals surface area contributed by atoms with E-state index in [2.05, 4.69) is 20.9 Å². The molecule has 0 aliphatic heterocycles. The van der Waals surface area contributed by atoms with E-state index < -0.39 is 0 Å². The molecule has 1 aromatic rings. The summed E-state index contributed by atoms with van der Waals surface area (Å²) in [6.07, 6.45) is 0. The molecule has 23 heavy (non-hydrogen) atoms. The van der Waals surface area contributed by atoms with Gasteiger partial charge in [-0.3, -0.25) is 9.79 Å². The Morgan fingerprint density at radius 1 is 1.13 bits per heavy atom. The topological polar surface area (TPSA) is 74.8 Å². The van der Waals surface area contributed by atoms with Gasteiger partial charge in [-0.1, -0.05) is 18.2 Å². The number of methoxy groups -OCH3 is 1. The van der Waals surface area contributed by atoms with Crippen LogP contribution in [0, 0.1) is 0 Å². The summed E-state index contributed by atoms with van der Waals surface area (Å²) in [5.74, 6) is 0.602. The van der Waals surface area contributed by atoms with Gasteiger partial charge in [0.1, 0.15) is 0 Å². The zero-order valence-corrected chi connectivity index (χ0v) is 16.5. The fourth-order valence-electron chi connectivity index (χ4n) is 1.64. The Bertz CT molecular complexity index is 492. The first kappa shape index (κ1) is 21.6. The van der Waals surface area contributed by atoms with Crippen molar-refractivity contribution in [3.63, 3.8) is 0 Å². The minimum Gasteiger partial charge on any atom is -0.377 e. The molecule has 3 N–H and O–H groups in total. The molecule has 0 fully saturated rings. The van der Waals surface area contributed by atoms with Gasteiger partial charge in [0.2, 0.25) is 0 Å². The molecule has 0 spiro atoms. The van der Waals surface area contributed by atoms with E-state index >= 15 is 0 Å². The highest BCUT2D eigenvalue weighted by Crippen LogP contribution is 2.04. The van der Waals surface area contributed by atoms with Gasteiger partial charge in [0.25, 0.3) is 5.91 Å². The molecule has 0 unspecified atom stereocenters. The van der Waals surface area contributed by atoms with Gasteiger partial charge < -0.3 is 20.7 Å². The number of aliphatic imine (C=N–C) groups is 1. The Morgan fingerprint density at radius 2 is 1.74 bits per heavy atom. The van der Waals surface area contributed by atoms with Gasteiger partial charge in [-0.05, 0) is 26.0 Å². The van der Waals surface area contributed by atoms with Crippen LogP contribution in [0.5, 0.6) is 0 Å². The molecule has 0 aliphatic carbocycles. The van der Waals surface area contributed by atoms with E-state index in [1.165, 1.54) is 0 Å². The normalized spacial score (nSPS) is 11.4. The van der Waals surface area contributed by atoms with Crippen molar-refractivity contribution in [3.8, 4) is 0 Å². The summed E-state index contributed by atoms with van der Waals surface area (Å²) in [7, 11) is 3.38. The molecule has 1 amide bonds. The van der Waals surface area contributed by atoms with Crippen molar-refractivity contribution < 1.29 is 9.53 Å². The number of hydrogen-bond donors (Lipinski definition) is 3. The van der Waals surface area contributed by atoms with Crippen LogP contribution in [0.2, 0.25) is 0 Å². The Hall–Kier alpha value is -1.35. The lowest BCUT2D eigenvalue weighted by Crippen LogP contribution is -2.46. The molecule has 0 saturated heterocycles. The Labute approximate surface area is 155 Å². The highest BCUT2D eigenvalue weighted by atomic mass is 127. The number of ether oxygens (including phenoxy) is 1. The number of guanidine groups is 1. The third kappa shape index (κ3) is 8.75. The van der Waals surface area contributed by atoms with Crippen LogP contribution < -0.4 is 16.0 Å². The quantitative estimate of drug-likeness (QED) is 0.264. The maximum Gasteiger partial charge on any atom is 0.251 e. The van der Waals surface area contributed by atoms with Crippen molar-refractivity contribution in [1.82, 2.24) is 16.0 Å². The molecule has 0 bridgehead atoms. The van der Waals surface area contributed by atoms with E-state index in [9.17, 15) is 4.79 Å². The van der Waals surface area contributed by atoms with Crippen LogP contribution in [-0.4, -0.2) is 51.3 Å². The molecule has 0 radical (unpaired) electrons. The lowest BCUT2D eigenvalue weighted by molar-refractivity contribution is 0.0268. The van der Waals surface area contributed by atoms with Crippen LogP contribution in [0.1, 0.15) is 24.2 Å². The van der Waals surface area contributed by atoms with Crippen molar-refractivity contribution >= 4 is 35.8 Å². The summed E-state index contributed by atoms with van der Waals surface area (Å²) in [6.45, 7) is 5.73. The molecule has 130 valence electrons. The Kier molecular flexibility index (Phi) is 10.6. The van der Waals surface area contributed by atoms with E-state index in [1.54, 1.807) is 26.3 Å². The zero-order chi connectivity index (χ0) is 16.4. The number of halogens is 1. The standard InChI is InChI=1S/C16H26N4O2.HI/c1-16(2,22-4)12-20-15(17-3)19-11-10-18-14(21)13-8-6-5-7-9-13;/h5-9H,10-12H2,1-4H3,(H,18,21)(H2,17,19,20);1H. The summed E-state index contributed by atoms with van der Waals surface area (Å²) in [6, 6.07) is 9.15. The molecule has 1 rings (SSSR count). The SMILES string of the molecule is CN=C(NCCNC(=O)c1ccccc1)NCC(C)(C)OC.I. The molecule has 7 heteroatoms. The van der Waals surface area contributed by atoms with Crippen molar-refractivity contribution in [2.45, 2.75) is 19.4 Å². The summed E-state index contributed by atoms with van der Waals surface area (Å²) >= 11 is 0. The van der Waals surface area contributed by atoms with Crippen molar-refractivity contribution in [2.75, 3.05) is 33.8 Å². The van der Waals surface area contributed by atoms with Gasteiger partial charge in [0, 0.05) is 39.4 Å². The van der Waals surface area contributed by atoms with E-state index in [-0.39, 0.29) is 35.5 Å². The molecule has 1 aromatic carbocycles. The highest BCUT2D eigenvalue weighted by molar-refractivity contribution is 14.0. The number of hydrogen-bond acceptors (Lipinski definition) is 3. The first-order chi connectivity index (χ1) is 10.5. The lowest BCUT2D eigenvalue weighted by Gasteiger charge is -2.24. The fraction of sp³-hybridized carbons (Fsp3) is 0.500. The Morgan fingerprint density at radius 3 is 2.30 bits per heavy atom. The molecule has 0 atom stereocenters. The molecular weight excluding hydrogens is 407 g/mol. The van der Waals surface area contributed by atoms with Gasteiger partial charge in [0.05, 0.1) is 5.60 Å². The molecule has 6 nitrogen and oxygen atoms in total. The minimum atomic E-state index is -0.265. The minimum absolute atomic E-state index is 0. The molecule has 0 heterocycles. The number of amides is 1. The summed E-state index contributed by atoms with van der Waals surface area (Å²) in [5.41, 5.74) is 0.394. The van der Waals surface area contributed by atoms with E-state index in [1.807, 2.05) is 32.0 Å². The monoisotopic (exact) mass is 434 g/mol. The van der Waals surface area contributed by atoms with Gasteiger partial charge >= 0.3 is 0 Å². The number of rotatable bonds is 7. The predicted octanol–water partition coefficient (Wildman–Crippen LogP) is 1.62. The summed E-state index contributed by atoms with van der Waals surface area (Å²) < 4.78 is 5.34. The molecular formula is C16H27IN4O2. The van der Waals surface area contributed by atoms with Gasteiger partial charge in [-0.2, -0.15) is 0 Å². The average molecular weight is 434 g/mol. The van der Waals surface area contributed by atoms with Crippen LogP contribution in [0.25, 0.3) is 0 Å². The molecule has 0 saturated carbocycles. The van der Waals surface area contributed by atoms with E-state index in [0.29, 0.717) is 31.2 Å². The molecule has 0 aliphatic rings. The largest absolute Gasteiger partial charge is 0.377 e. The maximum atomic E-state index is 11.9. The Balaban J connectivity index is 0.00000484. The van der Waals surface area contributed by atoms with Gasteiger partial charge in [-0.15, -0.1) is 24.0 Å². The van der Waals surface area contributed by atoms with Gasteiger partial charge in [-0.25, -0.2) is 0 Å². The second kappa shape index (κ2) is 11.2. The van der Waals surface area contributed by atoms with Crippen molar-refractivity contribution in [3.05, 3.63) is 35.9 Å². The van der Waals surface area contributed by atoms with Crippen LogP contribution in [0.15, 0.2) is 35.3 Å². The summed E-state index contributed by atoms with van der Waals surface area (Å²) in [5, 5.41) is 9.18. The third-order valence-corrected chi connectivity index (χ3v) is 3.20. The average Bonchev–Trinajstić information content (AvgIpc) is 2.54. The van der Waals surface area contributed by atoms with Crippen molar-refractivity contribution in [2.24, 2.45) is 4.99 Å². The molecule has 0 aromatic heterocycles. The smallest absolute Gasteiger partial charge is 0.251 e. The second-order valence-electron chi connectivity index (χ2n) is 5.44. The highest BCUT2D eigenvalue weighted by Gasteiger charge is 2.16. The predicted molar refractivity (Wildman–Crippen MR) is 105 cm³/mol. The van der Waals surface area contributed by atoms with Crippen LogP contribution in [-0.2, 0) is 4.74 Å². The van der Waals surface area contributed by atoms with Crippen LogP contribution in [0.3, 0.4) is 0 Å². The number of nitrogens with one attached hydrogen (secondary N) is 3. The van der Waals surface area contributed by atoms with Gasteiger partial charge in [0.15, 0.2) is 5.96 Å². The zero-order valence-electron chi connectivity index (χ0n) is 14.2. The van der Waals surface area contributed by atoms with Crippen LogP contribution in [0.4, 0.5) is 0 Å². The number of benzene rings is 1.